The Bertz CT molecular complexity index is 835. The summed E-state index contributed by atoms with van der Waals surface area (Å²) in [6.07, 6.45) is 2.99. The van der Waals surface area contributed by atoms with Crippen molar-refractivity contribution in [1.82, 2.24) is 10.4 Å². The van der Waals surface area contributed by atoms with Gasteiger partial charge in [0.25, 0.3) is 11.8 Å². The molecule has 2 aliphatic rings. The first-order valence-corrected chi connectivity index (χ1v) is 9.67. The molecule has 0 aromatic heterocycles. The lowest BCUT2D eigenvalue weighted by Gasteiger charge is -2.16. The molecule has 1 N–H and O–H groups in total. The average molecular weight is 390 g/mol. The van der Waals surface area contributed by atoms with Gasteiger partial charge in [0.1, 0.15) is 0 Å². The Kier molecular flexibility index (Phi) is 5.43. The molecule has 0 spiro atoms. The average Bonchev–Trinajstić information content (AvgIpc) is 3.03. The molecule has 8 heteroatoms. The summed E-state index contributed by atoms with van der Waals surface area (Å²) >= 11 is 6.24. The van der Waals surface area contributed by atoms with Gasteiger partial charge in [0.2, 0.25) is 5.91 Å². The van der Waals surface area contributed by atoms with Gasteiger partial charge in [0.15, 0.2) is 4.32 Å². The maximum atomic E-state index is 13.1. The van der Waals surface area contributed by atoms with Gasteiger partial charge in [-0.3, -0.25) is 19.8 Å². The van der Waals surface area contributed by atoms with Crippen LogP contribution >= 0.6 is 24.0 Å². The number of carbonyl (C=O) groups excluding carboxylic acids is 3. The van der Waals surface area contributed by atoms with Gasteiger partial charge in [-0.15, -0.1) is 0 Å². The number of hydrazine groups is 1. The van der Waals surface area contributed by atoms with Crippen LogP contribution in [0.15, 0.2) is 29.2 Å². The van der Waals surface area contributed by atoms with Gasteiger partial charge in [-0.05, 0) is 24.7 Å². The Labute approximate surface area is 161 Å². The molecule has 0 radical (unpaired) electrons. The number of nitrogens with zero attached hydrogens (tertiary/aromatic N) is 2. The number of thioether (sulfide) groups is 1. The van der Waals surface area contributed by atoms with Gasteiger partial charge in [-0.2, -0.15) is 5.01 Å². The molecular formula is C18H19N3O3S2. The van der Waals surface area contributed by atoms with Crippen LogP contribution in [0.4, 0.5) is 5.69 Å². The SMILES string of the molecule is CCCCCN1C(=O)/C(=C2/SC(=S)N(NC(C)=O)C2=O)c2ccccc21. The Hall–Kier alpha value is -2.19. The summed E-state index contributed by atoms with van der Waals surface area (Å²) in [4.78, 5) is 39.1. The topological polar surface area (TPSA) is 69.7 Å². The molecule has 136 valence electrons. The number of hydrogen-bond donors (Lipinski definition) is 1. The number of carbonyl (C=O) groups is 3. The number of nitrogens with one attached hydrogen (secondary N) is 1. The van der Waals surface area contributed by atoms with Gasteiger partial charge < -0.3 is 4.90 Å². The van der Waals surface area contributed by atoms with E-state index in [1.165, 1.54) is 6.92 Å². The molecule has 0 saturated carbocycles. The highest BCUT2D eigenvalue weighted by Gasteiger charge is 2.42. The Morgan fingerprint density at radius 1 is 1.19 bits per heavy atom. The second-order valence-electron chi connectivity index (χ2n) is 6.06. The molecule has 1 saturated heterocycles. The minimum absolute atomic E-state index is 0.189. The fourth-order valence-corrected chi connectivity index (χ4v) is 4.27. The zero-order valence-electron chi connectivity index (χ0n) is 14.6. The zero-order valence-corrected chi connectivity index (χ0v) is 16.2. The number of amides is 3. The first kappa shape index (κ1) is 18.6. The maximum absolute atomic E-state index is 13.1. The van der Waals surface area contributed by atoms with Crippen LogP contribution in [0.3, 0.4) is 0 Å². The normalized spacial score (nSPS) is 19.4. The summed E-state index contributed by atoms with van der Waals surface area (Å²) in [5.74, 6) is -1.05. The number of benzene rings is 1. The summed E-state index contributed by atoms with van der Waals surface area (Å²) in [6, 6.07) is 7.45. The lowest BCUT2D eigenvalue weighted by Crippen LogP contribution is -2.43. The summed E-state index contributed by atoms with van der Waals surface area (Å²) < 4.78 is 0.211. The van der Waals surface area contributed by atoms with Gasteiger partial charge in [-0.1, -0.05) is 49.7 Å². The van der Waals surface area contributed by atoms with E-state index in [0.29, 0.717) is 12.1 Å². The number of rotatable bonds is 5. The molecule has 2 heterocycles. The van der Waals surface area contributed by atoms with Crippen molar-refractivity contribution < 1.29 is 14.4 Å². The molecule has 1 fully saturated rings. The van der Waals surface area contributed by atoms with E-state index >= 15 is 0 Å². The van der Waals surface area contributed by atoms with Crippen LogP contribution in [0.5, 0.6) is 0 Å². The molecule has 0 bridgehead atoms. The molecule has 0 atom stereocenters. The molecule has 0 unspecified atom stereocenters. The van der Waals surface area contributed by atoms with Crippen molar-refractivity contribution in [3.8, 4) is 0 Å². The van der Waals surface area contributed by atoms with E-state index in [1.54, 1.807) is 4.90 Å². The number of thiocarbonyl (C=S) groups is 1. The van der Waals surface area contributed by atoms with Crippen LogP contribution in [0.25, 0.3) is 5.57 Å². The molecule has 26 heavy (non-hydrogen) atoms. The van der Waals surface area contributed by atoms with Crippen LogP contribution in [-0.4, -0.2) is 33.6 Å². The predicted molar refractivity (Wildman–Crippen MR) is 106 cm³/mol. The minimum Gasteiger partial charge on any atom is -0.308 e. The smallest absolute Gasteiger partial charge is 0.286 e. The molecule has 1 aromatic carbocycles. The van der Waals surface area contributed by atoms with Crippen LogP contribution in [-0.2, 0) is 14.4 Å². The predicted octanol–water partition coefficient (Wildman–Crippen LogP) is 2.85. The highest BCUT2D eigenvalue weighted by atomic mass is 32.2. The lowest BCUT2D eigenvalue weighted by atomic mass is 10.1. The Morgan fingerprint density at radius 3 is 2.62 bits per heavy atom. The van der Waals surface area contributed by atoms with E-state index in [2.05, 4.69) is 12.3 Å². The van der Waals surface area contributed by atoms with E-state index in [4.69, 9.17) is 12.2 Å². The number of para-hydroxylation sites is 1. The van der Waals surface area contributed by atoms with Gasteiger partial charge in [0, 0.05) is 19.0 Å². The molecular weight excluding hydrogens is 370 g/mol. The van der Waals surface area contributed by atoms with Crippen molar-refractivity contribution in [3.05, 3.63) is 34.7 Å². The number of anilines is 1. The van der Waals surface area contributed by atoms with Crippen molar-refractivity contribution in [2.45, 2.75) is 33.1 Å². The number of hydrogen-bond acceptors (Lipinski definition) is 5. The number of fused-ring (bicyclic) bond motifs is 1. The second kappa shape index (κ2) is 7.59. The summed E-state index contributed by atoms with van der Waals surface area (Å²) in [7, 11) is 0. The highest BCUT2D eigenvalue weighted by Crippen LogP contribution is 2.44. The van der Waals surface area contributed by atoms with Crippen LogP contribution in [0.2, 0.25) is 0 Å². The van der Waals surface area contributed by atoms with Gasteiger partial charge in [0.05, 0.1) is 16.2 Å². The summed E-state index contributed by atoms with van der Waals surface area (Å²) in [6.45, 7) is 4.02. The molecule has 6 nitrogen and oxygen atoms in total. The van der Waals surface area contributed by atoms with Crippen molar-refractivity contribution >= 4 is 57.3 Å². The molecule has 3 rings (SSSR count). The molecule has 0 aliphatic carbocycles. The fourth-order valence-electron chi connectivity index (χ4n) is 3.01. The quantitative estimate of drug-likeness (QED) is 0.476. The summed E-state index contributed by atoms with van der Waals surface area (Å²) in [5, 5.41) is 1.03. The third kappa shape index (κ3) is 3.26. The molecule has 2 aliphatic heterocycles. The zero-order chi connectivity index (χ0) is 18.8. The monoisotopic (exact) mass is 389 g/mol. The second-order valence-corrected chi connectivity index (χ2v) is 7.71. The minimum atomic E-state index is -0.469. The maximum Gasteiger partial charge on any atom is 0.286 e. The van der Waals surface area contributed by atoms with Crippen LogP contribution in [0.1, 0.15) is 38.7 Å². The third-order valence-corrected chi connectivity index (χ3v) is 5.55. The lowest BCUT2D eigenvalue weighted by molar-refractivity contribution is -0.132. The Morgan fingerprint density at radius 2 is 1.92 bits per heavy atom. The first-order valence-electron chi connectivity index (χ1n) is 8.44. The van der Waals surface area contributed by atoms with Crippen molar-refractivity contribution in [2.24, 2.45) is 0 Å². The van der Waals surface area contributed by atoms with Crippen molar-refractivity contribution in [3.63, 3.8) is 0 Å². The summed E-state index contributed by atoms with van der Waals surface area (Å²) in [5.41, 5.74) is 4.32. The highest BCUT2D eigenvalue weighted by molar-refractivity contribution is 8.26. The van der Waals surface area contributed by atoms with Crippen LogP contribution < -0.4 is 10.3 Å². The van der Waals surface area contributed by atoms with Crippen LogP contribution in [0, 0.1) is 0 Å². The van der Waals surface area contributed by atoms with E-state index in [9.17, 15) is 14.4 Å². The molecule has 3 amide bonds. The fraction of sp³-hybridized carbons (Fsp3) is 0.333. The third-order valence-electron chi connectivity index (χ3n) is 4.17. The van der Waals surface area contributed by atoms with Crippen molar-refractivity contribution in [1.29, 1.82) is 0 Å². The van der Waals surface area contributed by atoms with E-state index in [0.717, 1.165) is 47.3 Å². The van der Waals surface area contributed by atoms with Crippen molar-refractivity contribution in [2.75, 3.05) is 11.4 Å². The molecule has 1 aromatic rings. The first-order chi connectivity index (χ1) is 12.5. The standard InChI is InChI=1S/C18H19N3O3S2/c1-3-4-7-10-20-13-9-6-5-8-12(13)14(16(20)23)15-17(24)21(18(25)26-15)19-11(2)22/h5-6,8-9H,3-4,7,10H2,1-2H3,(H,19,22)/b15-14+. The van der Waals surface area contributed by atoms with E-state index in [1.807, 2.05) is 24.3 Å². The van der Waals surface area contributed by atoms with Gasteiger partial charge >= 0.3 is 0 Å². The number of unbranched alkanes of at least 4 members (excludes halogenated alkanes) is 2. The van der Waals surface area contributed by atoms with Gasteiger partial charge in [-0.25, -0.2) is 0 Å². The van der Waals surface area contributed by atoms with E-state index in [-0.39, 0.29) is 15.1 Å². The van der Waals surface area contributed by atoms with E-state index < -0.39 is 11.8 Å². The largest absolute Gasteiger partial charge is 0.308 e. The Balaban J connectivity index is 2.01.